The minimum Gasteiger partial charge on any atom is -0.444 e. The van der Waals surface area contributed by atoms with E-state index in [4.69, 9.17) is 4.74 Å². The predicted octanol–water partition coefficient (Wildman–Crippen LogP) is 4.44. The zero-order valence-corrected chi connectivity index (χ0v) is 20.8. The number of rotatable bonds is 10. The maximum Gasteiger partial charge on any atom is 0.408 e. The smallest absolute Gasteiger partial charge is 0.408 e. The number of nitrogens with zero attached hydrogens (tertiary/aromatic N) is 1. The maximum atomic E-state index is 13.5. The molecule has 7 heteroatoms. The summed E-state index contributed by atoms with van der Waals surface area (Å²) >= 11 is 0. The number of ether oxygens (including phenoxy) is 1. The Hall–Kier alpha value is -2.83. The van der Waals surface area contributed by atoms with Gasteiger partial charge in [0.15, 0.2) is 0 Å². The molecule has 182 valence electrons. The summed E-state index contributed by atoms with van der Waals surface area (Å²) in [6, 6.07) is 6.63. The molecule has 1 saturated carbocycles. The van der Waals surface area contributed by atoms with Gasteiger partial charge in [-0.3, -0.25) is 9.59 Å². The molecule has 1 fully saturated rings. The van der Waals surface area contributed by atoms with Crippen molar-refractivity contribution in [3.05, 3.63) is 42.0 Å². The van der Waals surface area contributed by atoms with Crippen LogP contribution in [0.3, 0.4) is 0 Å². The first-order chi connectivity index (χ1) is 15.5. The van der Waals surface area contributed by atoms with E-state index in [1.54, 1.807) is 31.7 Å². The van der Waals surface area contributed by atoms with E-state index < -0.39 is 17.7 Å². The zero-order chi connectivity index (χ0) is 24.8. The molecule has 0 spiro atoms. The number of hydrogen-bond donors (Lipinski definition) is 2. The first-order valence-corrected chi connectivity index (χ1v) is 11.8. The fourth-order valence-corrected chi connectivity index (χ4v) is 3.89. The summed E-state index contributed by atoms with van der Waals surface area (Å²) in [7, 11) is 0. The number of alkyl carbamates (subject to hydrolysis) is 1. The minimum absolute atomic E-state index is 0.0129. The van der Waals surface area contributed by atoms with Gasteiger partial charge in [0.2, 0.25) is 11.8 Å². The lowest BCUT2D eigenvalue weighted by Crippen LogP contribution is -2.50. The molecule has 2 rings (SSSR count). The quantitative estimate of drug-likeness (QED) is 0.544. The van der Waals surface area contributed by atoms with E-state index in [0.29, 0.717) is 0 Å². The molecule has 2 N–H and O–H groups in total. The molecule has 0 aromatic heterocycles. The molecule has 0 heterocycles. The third kappa shape index (κ3) is 7.91. The third-order valence-corrected chi connectivity index (χ3v) is 5.59. The fourth-order valence-electron chi connectivity index (χ4n) is 3.89. The van der Waals surface area contributed by atoms with Gasteiger partial charge < -0.3 is 20.3 Å². The Balaban J connectivity index is 2.33. The van der Waals surface area contributed by atoms with Crippen LogP contribution in [0, 0.1) is 5.92 Å². The Labute approximate surface area is 197 Å². The summed E-state index contributed by atoms with van der Waals surface area (Å²) in [5.74, 6) is -0.259. The first kappa shape index (κ1) is 26.4. The molecule has 1 aliphatic rings. The highest BCUT2D eigenvalue weighted by Gasteiger charge is 2.46. The fraction of sp³-hybridized carbons (Fsp3) is 0.577. The van der Waals surface area contributed by atoms with E-state index in [0.717, 1.165) is 30.4 Å². The minimum atomic E-state index is -0.799. The maximum absolute atomic E-state index is 13.5. The van der Waals surface area contributed by atoms with Crippen LogP contribution in [0.2, 0.25) is 0 Å². The Morgan fingerprint density at radius 2 is 1.97 bits per heavy atom. The molecule has 1 aromatic carbocycles. The number of hydrogen-bond acceptors (Lipinski definition) is 4. The second-order valence-corrected chi connectivity index (χ2v) is 9.91. The lowest BCUT2D eigenvalue weighted by atomic mass is 10.00. The number of nitrogens with one attached hydrogen (secondary N) is 2. The summed E-state index contributed by atoms with van der Waals surface area (Å²) in [4.78, 5) is 40.6. The van der Waals surface area contributed by atoms with E-state index in [-0.39, 0.29) is 36.4 Å². The van der Waals surface area contributed by atoms with Gasteiger partial charge in [-0.1, -0.05) is 51.1 Å². The highest BCUT2D eigenvalue weighted by Crippen LogP contribution is 2.40. The van der Waals surface area contributed by atoms with Crippen molar-refractivity contribution in [1.82, 2.24) is 15.5 Å². The van der Waals surface area contributed by atoms with Crippen LogP contribution in [-0.2, 0) is 14.3 Å². The highest BCUT2D eigenvalue weighted by molar-refractivity contribution is 5.91. The Bertz CT molecular complexity index is 861. The highest BCUT2D eigenvalue weighted by atomic mass is 16.6. The van der Waals surface area contributed by atoms with E-state index in [1.807, 2.05) is 31.2 Å². The van der Waals surface area contributed by atoms with E-state index >= 15 is 0 Å². The number of benzene rings is 1. The molecule has 0 bridgehead atoms. The average Bonchev–Trinajstić information content (AvgIpc) is 3.44. The monoisotopic (exact) mass is 457 g/mol. The summed E-state index contributed by atoms with van der Waals surface area (Å²) in [5, 5.41) is 5.62. The van der Waals surface area contributed by atoms with Crippen molar-refractivity contribution in [3.63, 3.8) is 0 Å². The van der Waals surface area contributed by atoms with Crippen molar-refractivity contribution in [2.24, 2.45) is 5.92 Å². The predicted molar refractivity (Wildman–Crippen MR) is 130 cm³/mol. The molecule has 0 saturated heterocycles. The second kappa shape index (κ2) is 11.3. The van der Waals surface area contributed by atoms with Crippen molar-refractivity contribution in [2.45, 2.75) is 84.5 Å². The van der Waals surface area contributed by atoms with Crippen LogP contribution in [0.4, 0.5) is 4.79 Å². The number of amides is 3. The molecule has 7 nitrogen and oxygen atoms in total. The first-order valence-electron chi connectivity index (χ1n) is 11.8. The van der Waals surface area contributed by atoms with Crippen LogP contribution in [-0.4, -0.2) is 47.0 Å². The normalized spacial score (nSPS) is 19.1. The second-order valence-electron chi connectivity index (χ2n) is 9.91. The van der Waals surface area contributed by atoms with Crippen LogP contribution in [0.15, 0.2) is 30.8 Å². The van der Waals surface area contributed by atoms with Crippen LogP contribution in [0.5, 0.6) is 0 Å². The van der Waals surface area contributed by atoms with E-state index in [9.17, 15) is 14.4 Å². The van der Waals surface area contributed by atoms with Gasteiger partial charge in [0.25, 0.3) is 0 Å². The average molecular weight is 458 g/mol. The molecule has 0 radical (unpaired) electrons. The van der Waals surface area contributed by atoms with Gasteiger partial charge in [0.1, 0.15) is 18.2 Å². The zero-order valence-electron chi connectivity index (χ0n) is 20.8. The SMILES string of the molecule is C=Cc1cccc(C(C(=O)NC(C)CCC)N(C(=O)CNC(=O)OC(C)(C)C)C2CC2C)c1. The Kier molecular flexibility index (Phi) is 9.08. The lowest BCUT2D eigenvalue weighted by molar-refractivity contribution is -0.141. The van der Waals surface area contributed by atoms with Gasteiger partial charge in [-0.05, 0) is 63.6 Å². The van der Waals surface area contributed by atoms with Crippen molar-refractivity contribution in [3.8, 4) is 0 Å². The summed E-state index contributed by atoms with van der Waals surface area (Å²) < 4.78 is 5.26. The van der Waals surface area contributed by atoms with Crippen LogP contribution in [0.25, 0.3) is 6.08 Å². The molecule has 4 unspecified atom stereocenters. The largest absolute Gasteiger partial charge is 0.444 e. The standard InChI is InChI=1S/C26H39N3O4/c1-8-11-18(4)28-24(31)23(20-13-10-12-19(9-2)15-20)29(21-14-17(21)3)22(30)16-27-25(32)33-26(5,6)7/h9-10,12-13,15,17-18,21,23H,2,8,11,14,16H2,1,3-7H3,(H,27,32)(H,28,31). The topological polar surface area (TPSA) is 87.7 Å². The molecule has 1 aliphatic carbocycles. The molecular formula is C26H39N3O4. The van der Waals surface area contributed by atoms with Gasteiger partial charge in [-0.25, -0.2) is 4.79 Å². The van der Waals surface area contributed by atoms with Gasteiger partial charge in [0, 0.05) is 12.1 Å². The van der Waals surface area contributed by atoms with Gasteiger partial charge in [-0.2, -0.15) is 0 Å². The van der Waals surface area contributed by atoms with Gasteiger partial charge >= 0.3 is 6.09 Å². The number of carbonyl (C=O) groups excluding carboxylic acids is 3. The molecule has 33 heavy (non-hydrogen) atoms. The Morgan fingerprint density at radius 3 is 2.52 bits per heavy atom. The molecule has 1 aromatic rings. The van der Waals surface area contributed by atoms with Crippen molar-refractivity contribution in [1.29, 1.82) is 0 Å². The molecule has 4 atom stereocenters. The van der Waals surface area contributed by atoms with Crippen molar-refractivity contribution < 1.29 is 19.1 Å². The van der Waals surface area contributed by atoms with Crippen molar-refractivity contribution in [2.75, 3.05) is 6.54 Å². The third-order valence-electron chi connectivity index (χ3n) is 5.59. The van der Waals surface area contributed by atoms with Gasteiger partial charge in [-0.15, -0.1) is 0 Å². The van der Waals surface area contributed by atoms with E-state index in [1.165, 1.54) is 0 Å². The molecule has 0 aliphatic heterocycles. The summed E-state index contributed by atoms with van der Waals surface area (Å²) in [6.45, 7) is 15.0. The van der Waals surface area contributed by atoms with Crippen LogP contribution in [0.1, 0.15) is 78.0 Å². The van der Waals surface area contributed by atoms with Crippen molar-refractivity contribution >= 4 is 24.0 Å². The molecule has 3 amide bonds. The number of carbonyl (C=O) groups is 3. The van der Waals surface area contributed by atoms with E-state index in [2.05, 4.69) is 31.1 Å². The summed E-state index contributed by atoms with van der Waals surface area (Å²) in [6.07, 6.45) is 3.66. The van der Waals surface area contributed by atoms with Crippen LogP contribution < -0.4 is 10.6 Å². The lowest BCUT2D eigenvalue weighted by Gasteiger charge is -2.33. The Morgan fingerprint density at radius 1 is 1.30 bits per heavy atom. The van der Waals surface area contributed by atoms with Gasteiger partial charge in [0.05, 0.1) is 0 Å². The molecular weight excluding hydrogens is 418 g/mol. The van der Waals surface area contributed by atoms with Crippen LogP contribution >= 0.6 is 0 Å². The summed E-state index contributed by atoms with van der Waals surface area (Å²) in [5.41, 5.74) is 0.925.